The number of fused-ring (bicyclic) bond motifs is 1. The number of piperazine rings is 1. The number of hydrogen-bond acceptors (Lipinski definition) is 7. The lowest BCUT2D eigenvalue weighted by atomic mass is 10.1. The smallest absolute Gasteiger partial charge is 0.295 e. The molecule has 2 aromatic carbocycles. The molecule has 172 valence electrons. The molecule has 1 saturated heterocycles. The van der Waals surface area contributed by atoms with E-state index in [2.05, 4.69) is 15.3 Å². The van der Waals surface area contributed by atoms with Crippen molar-refractivity contribution in [1.82, 2.24) is 14.9 Å². The van der Waals surface area contributed by atoms with E-state index in [0.717, 1.165) is 5.69 Å². The average Bonchev–Trinajstić information content (AvgIpc) is 3.31. The number of aromatic nitrogens is 2. The fourth-order valence-electron chi connectivity index (χ4n) is 4.24. The monoisotopic (exact) mass is 461 g/mol. The third-order valence-electron chi connectivity index (χ3n) is 6.03. The van der Waals surface area contributed by atoms with Gasteiger partial charge in [0.25, 0.3) is 22.5 Å². The van der Waals surface area contributed by atoms with Gasteiger partial charge >= 0.3 is 0 Å². The Morgan fingerprint density at radius 1 is 1.03 bits per heavy atom. The molecule has 1 amide bonds. The molecule has 0 atom stereocenters. The molecule has 0 aliphatic carbocycles. The molecule has 2 N–H and O–H groups in total. The highest BCUT2D eigenvalue weighted by molar-refractivity contribution is 6.44. The largest absolute Gasteiger partial charge is 0.374 e. The molecule has 0 spiro atoms. The molecule has 3 heterocycles. The van der Waals surface area contributed by atoms with Crippen LogP contribution in [0.3, 0.4) is 0 Å². The number of rotatable bonds is 6. The molecule has 5 rings (SSSR count). The zero-order valence-corrected chi connectivity index (χ0v) is 18.0. The normalized spacial score (nSPS) is 14.0. The van der Waals surface area contributed by atoms with Crippen molar-refractivity contribution in [3.63, 3.8) is 0 Å². The first kappa shape index (κ1) is 21.5. The van der Waals surface area contributed by atoms with Gasteiger partial charge in [-0.3, -0.25) is 24.2 Å². The number of carbonyl (C=O) groups excluding carboxylic acids is 2. The molecule has 0 bridgehead atoms. The summed E-state index contributed by atoms with van der Waals surface area (Å²) in [4.78, 5) is 60.1. The maximum Gasteiger partial charge on any atom is 0.295 e. The second-order valence-electron chi connectivity index (χ2n) is 8.03. The van der Waals surface area contributed by atoms with Crippen molar-refractivity contribution in [3.05, 3.63) is 86.3 Å². The van der Waals surface area contributed by atoms with Gasteiger partial charge in [0.2, 0.25) is 0 Å². The van der Waals surface area contributed by atoms with Crippen LogP contribution in [0.15, 0.2) is 58.4 Å². The molecule has 10 heteroatoms. The summed E-state index contributed by atoms with van der Waals surface area (Å²) in [6.07, 6.45) is 2.98. The summed E-state index contributed by atoms with van der Waals surface area (Å²) < 4.78 is 14.2. The Bertz CT molecular complexity index is 1460. The van der Waals surface area contributed by atoms with Crippen LogP contribution in [0, 0.1) is 5.82 Å². The van der Waals surface area contributed by atoms with Crippen molar-refractivity contribution in [2.24, 2.45) is 0 Å². The molecule has 9 nitrogen and oxygen atoms in total. The maximum absolute atomic E-state index is 14.2. The average molecular weight is 461 g/mol. The number of Topliss-reactive ketones (excluding diaryl/α,β-unsaturated/α-hetero) is 1. The highest BCUT2D eigenvalue weighted by atomic mass is 19.1. The molecule has 2 aromatic heterocycles. The number of ketones is 1. The minimum absolute atomic E-state index is 0.0102. The number of anilines is 2. The van der Waals surface area contributed by atoms with Crippen molar-refractivity contribution in [2.75, 3.05) is 36.4 Å². The first-order valence-corrected chi connectivity index (χ1v) is 10.8. The lowest BCUT2D eigenvalue weighted by Crippen LogP contribution is -2.54. The number of H-pyrrole nitrogens is 1. The van der Waals surface area contributed by atoms with Gasteiger partial charge in [-0.15, -0.1) is 0 Å². The SMILES string of the molecule is O=C(C(=O)N1CCN(c2c(NCc3ccccn3)c(=O)c2=O)CC1)c1c[nH]c2cccc(F)c12. The molecular weight excluding hydrogens is 441 g/mol. The number of hydrogen-bond donors (Lipinski definition) is 2. The Morgan fingerprint density at radius 3 is 2.56 bits per heavy atom. The van der Waals surface area contributed by atoms with Crippen LogP contribution in [0.25, 0.3) is 10.9 Å². The van der Waals surface area contributed by atoms with Crippen LogP contribution >= 0.6 is 0 Å². The van der Waals surface area contributed by atoms with Gasteiger partial charge in [-0.05, 0) is 24.3 Å². The number of pyridine rings is 1. The van der Waals surface area contributed by atoms with Crippen molar-refractivity contribution in [2.45, 2.75) is 6.54 Å². The van der Waals surface area contributed by atoms with E-state index < -0.39 is 28.4 Å². The summed E-state index contributed by atoms with van der Waals surface area (Å²) in [6.45, 7) is 1.24. The fourth-order valence-corrected chi connectivity index (χ4v) is 4.24. The highest BCUT2D eigenvalue weighted by Crippen LogP contribution is 2.24. The summed E-state index contributed by atoms with van der Waals surface area (Å²) in [5.41, 5.74) is 0.522. The van der Waals surface area contributed by atoms with Gasteiger partial charge in [0.05, 0.1) is 17.8 Å². The lowest BCUT2D eigenvalue weighted by molar-refractivity contribution is -0.126. The predicted octanol–water partition coefficient (Wildman–Crippen LogP) is 1.44. The molecule has 1 fully saturated rings. The van der Waals surface area contributed by atoms with E-state index in [0.29, 0.717) is 12.1 Å². The summed E-state index contributed by atoms with van der Waals surface area (Å²) in [5.74, 6) is -2.11. The fraction of sp³-hybridized carbons (Fsp3) is 0.208. The van der Waals surface area contributed by atoms with E-state index in [1.807, 2.05) is 6.07 Å². The Balaban J connectivity index is 1.26. The molecule has 0 unspecified atom stereocenters. The minimum Gasteiger partial charge on any atom is -0.374 e. The van der Waals surface area contributed by atoms with Gasteiger partial charge in [-0.25, -0.2) is 4.39 Å². The summed E-state index contributed by atoms with van der Waals surface area (Å²) >= 11 is 0. The molecule has 0 saturated carbocycles. The molecule has 1 aliphatic heterocycles. The number of amides is 1. The van der Waals surface area contributed by atoms with E-state index in [-0.39, 0.29) is 48.5 Å². The van der Waals surface area contributed by atoms with Crippen LogP contribution in [0.1, 0.15) is 16.1 Å². The number of halogens is 1. The second-order valence-corrected chi connectivity index (χ2v) is 8.03. The summed E-state index contributed by atoms with van der Waals surface area (Å²) in [6, 6.07) is 9.80. The quantitative estimate of drug-likeness (QED) is 0.330. The first-order chi connectivity index (χ1) is 16.5. The van der Waals surface area contributed by atoms with Crippen molar-refractivity contribution in [3.8, 4) is 0 Å². The van der Waals surface area contributed by atoms with Gasteiger partial charge in [0.15, 0.2) is 0 Å². The van der Waals surface area contributed by atoms with Crippen molar-refractivity contribution < 1.29 is 14.0 Å². The molecule has 0 radical (unpaired) electrons. The van der Waals surface area contributed by atoms with Crippen LogP contribution in [0.5, 0.6) is 0 Å². The Hall–Kier alpha value is -4.34. The maximum atomic E-state index is 14.2. The standard InChI is InChI=1S/C24H20FN5O4/c25-16-5-3-6-17-18(16)15(13-27-17)21(31)24(34)30-10-8-29(9-11-30)20-19(22(32)23(20)33)28-12-14-4-1-2-7-26-14/h1-7,13,27-28H,8-12H2. The predicted molar refractivity (Wildman–Crippen MR) is 124 cm³/mol. The van der Waals surface area contributed by atoms with Gasteiger partial charge in [-0.1, -0.05) is 12.1 Å². The number of aromatic amines is 1. The van der Waals surface area contributed by atoms with Crippen molar-refractivity contribution >= 4 is 34.0 Å². The zero-order valence-electron chi connectivity index (χ0n) is 18.0. The molecule has 1 aliphatic rings. The number of benzene rings is 1. The zero-order chi connectivity index (χ0) is 23.8. The van der Waals surface area contributed by atoms with E-state index in [1.54, 1.807) is 29.3 Å². The third-order valence-corrected chi connectivity index (χ3v) is 6.03. The highest BCUT2D eigenvalue weighted by Gasteiger charge is 2.32. The number of nitrogens with zero attached hydrogens (tertiary/aromatic N) is 3. The van der Waals surface area contributed by atoms with Crippen LogP contribution < -0.4 is 21.1 Å². The minimum atomic E-state index is -0.795. The van der Waals surface area contributed by atoms with E-state index in [1.165, 1.54) is 23.2 Å². The van der Waals surface area contributed by atoms with Gasteiger partial charge in [0, 0.05) is 49.5 Å². The summed E-state index contributed by atoms with van der Waals surface area (Å²) in [7, 11) is 0. The van der Waals surface area contributed by atoms with Crippen LogP contribution in [0.4, 0.5) is 15.8 Å². The second kappa shape index (κ2) is 8.54. The third kappa shape index (κ3) is 3.62. The van der Waals surface area contributed by atoms with Crippen LogP contribution in [-0.4, -0.2) is 52.7 Å². The van der Waals surface area contributed by atoms with E-state index in [4.69, 9.17) is 0 Å². The van der Waals surface area contributed by atoms with Crippen LogP contribution in [-0.2, 0) is 11.3 Å². The Labute approximate surface area is 192 Å². The molecule has 34 heavy (non-hydrogen) atoms. The van der Waals surface area contributed by atoms with E-state index >= 15 is 0 Å². The topological polar surface area (TPSA) is 115 Å². The van der Waals surface area contributed by atoms with Crippen molar-refractivity contribution in [1.29, 1.82) is 0 Å². The molecule has 4 aromatic rings. The van der Waals surface area contributed by atoms with E-state index in [9.17, 15) is 23.6 Å². The lowest BCUT2D eigenvalue weighted by Gasteiger charge is -2.36. The van der Waals surface area contributed by atoms with Gasteiger partial charge in [-0.2, -0.15) is 0 Å². The van der Waals surface area contributed by atoms with Crippen LogP contribution in [0.2, 0.25) is 0 Å². The van der Waals surface area contributed by atoms with Gasteiger partial charge in [0.1, 0.15) is 17.2 Å². The summed E-state index contributed by atoms with van der Waals surface area (Å²) in [5, 5.41) is 3.08. The first-order valence-electron chi connectivity index (χ1n) is 10.8. The number of carbonyl (C=O) groups is 2. The Kier molecular flexibility index (Phi) is 5.40. The number of nitrogens with one attached hydrogen (secondary N) is 2. The Morgan fingerprint density at radius 2 is 1.82 bits per heavy atom. The van der Waals surface area contributed by atoms with Gasteiger partial charge < -0.3 is 20.1 Å². The molecular formula is C24H20FN5O4.